The van der Waals surface area contributed by atoms with Crippen molar-refractivity contribution in [1.82, 2.24) is 4.98 Å². The first kappa shape index (κ1) is 8.60. The first-order valence-electron chi connectivity index (χ1n) is 5.26. The second-order valence-corrected chi connectivity index (χ2v) is 3.95. The minimum Gasteiger partial charge on any atom is -0.259 e. The third-order valence-electron chi connectivity index (χ3n) is 2.94. The maximum absolute atomic E-state index is 4.49. The van der Waals surface area contributed by atoms with Gasteiger partial charge >= 0.3 is 0 Å². The van der Waals surface area contributed by atoms with E-state index in [0.29, 0.717) is 0 Å². The van der Waals surface area contributed by atoms with Crippen molar-refractivity contribution in [2.24, 2.45) is 4.99 Å². The molecule has 0 saturated heterocycles. The number of rotatable bonds is 0. The van der Waals surface area contributed by atoms with Crippen molar-refractivity contribution in [3.63, 3.8) is 0 Å². The zero-order chi connectivity index (χ0) is 10.3. The van der Waals surface area contributed by atoms with Gasteiger partial charge < -0.3 is 0 Å². The third-order valence-corrected chi connectivity index (χ3v) is 2.94. The van der Waals surface area contributed by atoms with Crippen LogP contribution in [0.3, 0.4) is 0 Å². The molecule has 0 fully saturated rings. The summed E-state index contributed by atoms with van der Waals surface area (Å²) in [7, 11) is 0. The Morgan fingerprint density at radius 2 is 2.27 bits per heavy atom. The number of pyridine rings is 1. The van der Waals surface area contributed by atoms with Gasteiger partial charge in [0.25, 0.3) is 0 Å². The van der Waals surface area contributed by atoms with Crippen molar-refractivity contribution in [2.75, 3.05) is 0 Å². The fourth-order valence-electron chi connectivity index (χ4n) is 2.20. The van der Waals surface area contributed by atoms with Crippen molar-refractivity contribution < 1.29 is 0 Å². The molecule has 1 aromatic carbocycles. The van der Waals surface area contributed by atoms with Crippen LogP contribution in [0.2, 0.25) is 0 Å². The first-order valence-corrected chi connectivity index (χ1v) is 5.26. The average Bonchev–Trinajstić information content (AvgIpc) is 2.30. The summed E-state index contributed by atoms with van der Waals surface area (Å²) in [6.45, 7) is 2.16. The molecule has 0 radical (unpaired) electrons. The van der Waals surface area contributed by atoms with Crippen LogP contribution < -0.4 is 0 Å². The molecule has 0 amide bonds. The topological polar surface area (TPSA) is 25.2 Å². The standard InChI is InChI=1S/C13H12N2/c1-9-8-10-4-2-6-14-12(10)13-11(9)5-3-7-15-13/h2,4,6-8H,3,5H2,1H3. The highest BCUT2D eigenvalue weighted by Crippen LogP contribution is 2.33. The Morgan fingerprint density at radius 3 is 3.20 bits per heavy atom. The van der Waals surface area contributed by atoms with Crippen LogP contribution in [0.4, 0.5) is 5.69 Å². The Hall–Kier alpha value is -1.70. The normalized spacial score (nSPS) is 14.2. The van der Waals surface area contributed by atoms with Crippen molar-refractivity contribution in [3.8, 4) is 0 Å². The lowest BCUT2D eigenvalue weighted by molar-refractivity contribution is 1.01. The predicted molar refractivity (Wildman–Crippen MR) is 63.0 cm³/mol. The van der Waals surface area contributed by atoms with Gasteiger partial charge in [-0.15, -0.1) is 0 Å². The van der Waals surface area contributed by atoms with Gasteiger partial charge in [-0.05, 0) is 43.0 Å². The van der Waals surface area contributed by atoms with Crippen molar-refractivity contribution in [1.29, 1.82) is 0 Å². The van der Waals surface area contributed by atoms with E-state index in [1.165, 1.54) is 16.5 Å². The minimum absolute atomic E-state index is 1.04. The van der Waals surface area contributed by atoms with Crippen molar-refractivity contribution in [3.05, 3.63) is 35.5 Å². The van der Waals surface area contributed by atoms with Crippen LogP contribution in [0.5, 0.6) is 0 Å². The van der Waals surface area contributed by atoms with Gasteiger partial charge in [0.05, 0.1) is 11.2 Å². The second-order valence-electron chi connectivity index (χ2n) is 3.95. The lowest BCUT2D eigenvalue weighted by atomic mass is 9.97. The predicted octanol–water partition coefficient (Wildman–Crippen LogP) is 3.19. The van der Waals surface area contributed by atoms with E-state index in [0.717, 1.165) is 24.0 Å². The number of hydrogen-bond acceptors (Lipinski definition) is 2. The molecule has 3 rings (SSSR count). The number of hydrogen-bond donors (Lipinski definition) is 0. The molecule has 0 bridgehead atoms. The molecule has 2 heteroatoms. The van der Waals surface area contributed by atoms with E-state index in [1.54, 1.807) is 0 Å². The molecule has 1 aromatic heterocycles. The Labute approximate surface area is 88.7 Å². The number of benzene rings is 1. The van der Waals surface area contributed by atoms with Gasteiger partial charge in [0.15, 0.2) is 0 Å². The average molecular weight is 196 g/mol. The van der Waals surface area contributed by atoms with E-state index in [2.05, 4.69) is 29.0 Å². The molecule has 0 N–H and O–H groups in total. The van der Waals surface area contributed by atoms with Crippen LogP contribution in [-0.4, -0.2) is 11.2 Å². The van der Waals surface area contributed by atoms with Crippen LogP contribution in [0, 0.1) is 6.92 Å². The van der Waals surface area contributed by atoms with Gasteiger partial charge in [0, 0.05) is 17.8 Å². The summed E-state index contributed by atoms with van der Waals surface area (Å²) in [4.78, 5) is 8.92. The van der Waals surface area contributed by atoms with E-state index in [1.807, 2.05) is 18.5 Å². The van der Waals surface area contributed by atoms with Crippen molar-refractivity contribution in [2.45, 2.75) is 19.8 Å². The molecule has 2 nitrogen and oxygen atoms in total. The highest BCUT2D eigenvalue weighted by molar-refractivity contribution is 5.94. The highest BCUT2D eigenvalue weighted by atomic mass is 14.8. The van der Waals surface area contributed by atoms with Crippen LogP contribution in [-0.2, 0) is 6.42 Å². The molecule has 0 unspecified atom stereocenters. The first-order chi connectivity index (χ1) is 7.36. The van der Waals surface area contributed by atoms with Gasteiger partial charge in [0.1, 0.15) is 0 Å². The van der Waals surface area contributed by atoms with Gasteiger partial charge in [-0.2, -0.15) is 0 Å². The highest BCUT2D eigenvalue weighted by Gasteiger charge is 2.13. The lowest BCUT2D eigenvalue weighted by Gasteiger charge is -2.14. The molecule has 74 valence electrons. The molecule has 0 saturated carbocycles. The van der Waals surface area contributed by atoms with Gasteiger partial charge in [-0.3, -0.25) is 9.98 Å². The fraction of sp³-hybridized carbons (Fsp3) is 0.231. The molecular weight excluding hydrogens is 184 g/mol. The summed E-state index contributed by atoms with van der Waals surface area (Å²) in [5.41, 5.74) is 4.82. The quantitative estimate of drug-likeness (QED) is 0.635. The monoisotopic (exact) mass is 196 g/mol. The number of aromatic nitrogens is 1. The summed E-state index contributed by atoms with van der Waals surface area (Å²) in [6, 6.07) is 6.28. The molecule has 1 aliphatic heterocycles. The van der Waals surface area contributed by atoms with E-state index in [9.17, 15) is 0 Å². The van der Waals surface area contributed by atoms with Crippen LogP contribution in [0.25, 0.3) is 10.9 Å². The molecule has 0 spiro atoms. The Bertz CT molecular complexity index is 556. The summed E-state index contributed by atoms with van der Waals surface area (Å²) in [5, 5.41) is 1.19. The third kappa shape index (κ3) is 1.25. The number of aryl methyl sites for hydroxylation is 1. The number of nitrogens with zero attached hydrogens (tertiary/aromatic N) is 2. The number of fused-ring (bicyclic) bond motifs is 3. The maximum atomic E-state index is 4.49. The molecule has 2 aromatic rings. The van der Waals surface area contributed by atoms with E-state index in [4.69, 9.17) is 0 Å². The molecular formula is C13H12N2. The zero-order valence-electron chi connectivity index (χ0n) is 8.70. The Morgan fingerprint density at radius 1 is 1.33 bits per heavy atom. The molecule has 1 aliphatic rings. The molecule has 2 heterocycles. The summed E-state index contributed by atoms with van der Waals surface area (Å²) in [6.07, 6.45) is 5.97. The van der Waals surface area contributed by atoms with Gasteiger partial charge in [-0.1, -0.05) is 6.07 Å². The van der Waals surface area contributed by atoms with Crippen molar-refractivity contribution >= 4 is 22.8 Å². The van der Waals surface area contributed by atoms with Crippen LogP contribution >= 0.6 is 0 Å². The summed E-state index contributed by atoms with van der Waals surface area (Å²) in [5.74, 6) is 0. The SMILES string of the molecule is Cc1cc2cccnc2c2c1CCC=N2. The summed E-state index contributed by atoms with van der Waals surface area (Å²) < 4.78 is 0. The van der Waals surface area contributed by atoms with Crippen LogP contribution in [0.15, 0.2) is 29.4 Å². The van der Waals surface area contributed by atoms with Gasteiger partial charge in [0.2, 0.25) is 0 Å². The van der Waals surface area contributed by atoms with E-state index >= 15 is 0 Å². The van der Waals surface area contributed by atoms with Crippen LogP contribution in [0.1, 0.15) is 17.5 Å². The Kier molecular flexibility index (Phi) is 1.81. The zero-order valence-corrected chi connectivity index (χ0v) is 8.70. The lowest BCUT2D eigenvalue weighted by Crippen LogP contribution is -1.98. The molecule has 15 heavy (non-hydrogen) atoms. The molecule has 0 aliphatic carbocycles. The largest absolute Gasteiger partial charge is 0.259 e. The van der Waals surface area contributed by atoms with Gasteiger partial charge in [-0.25, -0.2) is 0 Å². The second kappa shape index (κ2) is 3.16. The minimum atomic E-state index is 1.04. The number of aliphatic imine (C=N–C) groups is 1. The van der Waals surface area contributed by atoms with E-state index < -0.39 is 0 Å². The maximum Gasteiger partial charge on any atom is 0.0961 e. The Balaban J connectivity index is 2.46. The molecule has 0 atom stereocenters. The van der Waals surface area contributed by atoms with E-state index in [-0.39, 0.29) is 0 Å². The smallest absolute Gasteiger partial charge is 0.0961 e. The summed E-state index contributed by atoms with van der Waals surface area (Å²) >= 11 is 0. The fourth-order valence-corrected chi connectivity index (χ4v) is 2.20.